The third-order valence-corrected chi connectivity index (χ3v) is 4.05. The first-order valence-electron chi connectivity index (χ1n) is 9.03. The van der Waals surface area contributed by atoms with Gasteiger partial charge in [0.2, 0.25) is 11.8 Å². The summed E-state index contributed by atoms with van der Waals surface area (Å²) >= 11 is 0. The molecule has 1 heterocycles. The molecule has 1 aromatic heterocycles. The molecule has 0 spiro atoms. The van der Waals surface area contributed by atoms with E-state index in [-0.39, 0.29) is 18.7 Å². The van der Waals surface area contributed by atoms with Gasteiger partial charge in [-0.2, -0.15) is 0 Å². The van der Waals surface area contributed by atoms with E-state index < -0.39 is 17.6 Å². The highest BCUT2D eigenvalue weighted by Crippen LogP contribution is 2.12. The average Bonchev–Trinajstić information content (AvgIpc) is 2.76. The van der Waals surface area contributed by atoms with Gasteiger partial charge in [0.1, 0.15) is 12.4 Å². The zero-order valence-corrected chi connectivity index (χ0v) is 15.6. The Labute approximate surface area is 167 Å². The fourth-order valence-electron chi connectivity index (χ4n) is 2.54. The summed E-state index contributed by atoms with van der Waals surface area (Å²) in [5, 5.41) is 5.09. The minimum absolute atomic E-state index is 0.102. The lowest BCUT2D eigenvalue weighted by Crippen LogP contribution is -2.36. The van der Waals surface area contributed by atoms with E-state index in [0.717, 1.165) is 11.1 Å². The van der Waals surface area contributed by atoms with Crippen molar-refractivity contribution in [1.29, 1.82) is 0 Å². The maximum absolute atomic E-state index is 13.6. The molecule has 0 aliphatic carbocycles. The topological polar surface area (TPSA) is 80.3 Å². The number of carbonyl (C=O) groups is 2. The van der Waals surface area contributed by atoms with Gasteiger partial charge in [-0.3, -0.25) is 9.59 Å². The van der Waals surface area contributed by atoms with Crippen LogP contribution in [0.3, 0.4) is 0 Å². The Morgan fingerprint density at radius 3 is 2.48 bits per heavy atom. The maximum Gasteiger partial charge on any atom is 0.254 e. The molecule has 0 saturated heterocycles. The number of amides is 2. The number of benzene rings is 2. The molecule has 6 nitrogen and oxygen atoms in total. The number of rotatable bonds is 8. The lowest BCUT2D eigenvalue weighted by atomic mass is 10.2. The molecule has 2 amide bonds. The summed E-state index contributed by atoms with van der Waals surface area (Å²) in [5.41, 5.74) is 1.73. The number of nitrogens with one attached hydrogen (secondary N) is 2. The van der Waals surface area contributed by atoms with Gasteiger partial charge in [-0.1, -0.05) is 42.5 Å². The van der Waals surface area contributed by atoms with E-state index in [4.69, 9.17) is 4.74 Å². The van der Waals surface area contributed by atoms with E-state index >= 15 is 0 Å². The maximum atomic E-state index is 13.6. The van der Waals surface area contributed by atoms with Gasteiger partial charge in [0.25, 0.3) is 5.91 Å². The Balaban J connectivity index is 1.45. The van der Waals surface area contributed by atoms with Gasteiger partial charge in [0, 0.05) is 18.8 Å². The molecule has 0 bridgehead atoms. The lowest BCUT2D eigenvalue weighted by Gasteiger charge is -2.09. The standard InChI is InChI=1S/C22H20FN3O3/c23-19-9-5-4-8-18(19)22(28)26-14-20(27)25-13-17-10-11-24-21(12-17)29-15-16-6-2-1-3-7-16/h1-12H,13-15H2,(H,25,27)(H,26,28). The summed E-state index contributed by atoms with van der Waals surface area (Å²) in [4.78, 5) is 28.0. The summed E-state index contributed by atoms with van der Waals surface area (Å²) in [6.45, 7) is 0.389. The summed E-state index contributed by atoms with van der Waals surface area (Å²) in [6.07, 6.45) is 1.60. The van der Waals surface area contributed by atoms with E-state index in [1.807, 2.05) is 30.3 Å². The minimum Gasteiger partial charge on any atom is -0.473 e. The molecule has 0 aliphatic rings. The third kappa shape index (κ3) is 6.14. The molecule has 0 fully saturated rings. The van der Waals surface area contributed by atoms with Crippen LogP contribution in [0.4, 0.5) is 4.39 Å². The van der Waals surface area contributed by atoms with E-state index in [9.17, 15) is 14.0 Å². The molecule has 2 aromatic carbocycles. The molecule has 0 radical (unpaired) electrons. The van der Waals surface area contributed by atoms with Crippen LogP contribution in [0.15, 0.2) is 72.9 Å². The fourth-order valence-corrected chi connectivity index (χ4v) is 2.54. The first kappa shape index (κ1) is 20.0. The first-order chi connectivity index (χ1) is 14.1. The Hall–Kier alpha value is -3.74. The van der Waals surface area contributed by atoms with E-state index in [0.29, 0.717) is 12.5 Å². The molecular formula is C22H20FN3O3. The SMILES string of the molecule is O=C(CNC(=O)c1ccccc1F)NCc1ccnc(OCc2ccccc2)c1. The second-order valence-electron chi connectivity index (χ2n) is 6.22. The van der Waals surface area contributed by atoms with Crippen molar-refractivity contribution >= 4 is 11.8 Å². The minimum atomic E-state index is -0.640. The number of carbonyl (C=O) groups excluding carboxylic acids is 2. The fraction of sp³-hybridized carbons (Fsp3) is 0.136. The number of nitrogens with zero attached hydrogens (tertiary/aromatic N) is 1. The van der Waals surface area contributed by atoms with Gasteiger partial charge < -0.3 is 15.4 Å². The van der Waals surface area contributed by atoms with Crippen molar-refractivity contribution in [1.82, 2.24) is 15.6 Å². The number of ether oxygens (including phenoxy) is 1. The highest BCUT2D eigenvalue weighted by Gasteiger charge is 2.12. The lowest BCUT2D eigenvalue weighted by molar-refractivity contribution is -0.120. The monoisotopic (exact) mass is 393 g/mol. The third-order valence-electron chi connectivity index (χ3n) is 4.05. The normalized spacial score (nSPS) is 10.2. The molecule has 0 saturated carbocycles. The smallest absolute Gasteiger partial charge is 0.254 e. The Morgan fingerprint density at radius 1 is 0.931 bits per heavy atom. The van der Waals surface area contributed by atoms with E-state index in [2.05, 4.69) is 15.6 Å². The molecule has 7 heteroatoms. The van der Waals surface area contributed by atoms with Gasteiger partial charge in [-0.05, 0) is 29.3 Å². The molecule has 0 atom stereocenters. The van der Waals surface area contributed by atoms with Gasteiger partial charge in [0.15, 0.2) is 0 Å². The van der Waals surface area contributed by atoms with Crippen molar-refractivity contribution in [3.63, 3.8) is 0 Å². The van der Waals surface area contributed by atoms with Crippen LogP contribution in [0, 0.1) is 5.82 Å². The quantitative estimate of drug-likeness (QED) is 0.617. The van der Waals surface area contributed by atoms with Crippen LogP contribution in [-0.4, -0.2) is 23.3 Å². The predicted molar refractivity (Wildman–Crippen MR) is 106 cm³/mol. The number of pyridine rings is 1. The highest BCUT2D eigenvalue weighted by atomic mass is 19.1. The molecule has 3 aromatic rings. The second-order valence-corrected chi connectivity index (χ2v) is 6.22. The van der Waals surface area contributed by atoms with Crippen LogP contribution in [0.1, 0.15) is 21.5 Å². The molecular weight excluding hydrogens is 373 g/mol. The zero-order chi connectivity index (χ0) is 20.5. The van der Waals surface area contributed by atoms with Crippen LogP contribution in [0.5, 0.6) is 5.88 Å². The molecule has 0 unspecified atom stereocenters. The molecule has 2 N–H and O–H groups in total. The summed E-state index contributed by atoms with van der Waals surface area (Å²) < 4.78 is 19.2. The second kappa shape index (κ2) is 9.98. The average molecular weight is 393 g/mol. The summed E-state index contributed by atoms with van der Waals surface area (Å²) in [6, 6.07) is 18.8. The van der Waals surface area contributed by atoms with Crippen LogP contribution in [-0.2, 0) is 17.9 Å². The van der Waals surface area contributed by atoms with E-state index in [1.165, 1.54) is 18.2 Å². The highest BCUT2D eigenvalue weighted by molar-refractivity contribution is 5.96. The van der Waals surface area contributed by atoms with Crippen molar-refractivity contribution in [2.75, 3.05) is 6.54 Å². The molecule has 0 aliphatic heterocycles. The van der Waals surface area contributed by atoms with Crippen LogP contribution in [0.2, 0.25) is 0 Å². The van der Waals surface area contributed by atoms with Crippen molar-refractivity contribution in [2.24, 2.45) is 0 Å². The summed E-state index contributed by atoms with van der Waals surface area (Å²) in [7, 11) is 0. The number of hydrogen-bond acceptors (Lipinski definition) is 4. The Morgan fingerprint density at radius 2 is 1.69 bits per heavy atom. The van der Waals surface area contributed by atoms with Gasteiger partial charge >= 0.3 is 0 Å². The predicted octanol–water partition coefficient (Wildman–Crippen LogP) is 2.85. The van der Waals surface area contributed by atoms with Gasteiger partial charge in [-0.25, -0.2) is 9.37 Å². The molecule has 148 valence electrons. The van der Waals surface area contributed by atoms with Crippen molar-refractivity contribution in [3.8, 4) is 5.88 Å². The number of aromatic nitrogens is 1. The van der Waals surface area contributed by atoms with E-state index in [1.54, 1.807) is 24.4 Å². The van der Waals surface area contributed by atoms with Crippen LogP contribution >= 0.6 is 0 Å². The van der Waals surface area contributed by atoms with Crippen molar-refractivity contribution in [3.05, 3.63) is 95.4 Å². The first-order valence-corrected chi connectivity index (χ1v) is 9.03. The van der Waals surface area contributed by atoms with Crippen LogP contribution in [0.25, 0.3) is 0 Å². The number of hydrogen-bond donors (Lipinski definition) is 2. The number of halogens is 1. The van der Waals surface area contributed by atoms with Gasteiger partial charge in [0.05, 0.1) is 12.1 Å². The van der Waals surface area contributed by atoms with Crippen molar-refractivity contribution in [2.45, 2.75) is 13.2 Å². The zero-order valence-electron chi connectivity index (χ0n) is 15.6. The van der Waals surface area contributed by atoms with Crippen LogP contribution < -0.4 is 15.4 Å². The Bertz CT molecular complexity index is 980. The van der Waals surface area contributed by atoms with Crippen molar-refractivity contribution < 1.29 is 18.7 Å². The Kier molecular flexibility index (Phi) is 6.89. The van der Waals surface area contributed by atoms with Gasteiger partial charge in [-0.15, -0.1) is 0 Å². The molecule has 29 heavy (non-hydrogen) atoms. The summed E-state index contributed by atoms with van der Waals surface area (Å²) in [5.74, 6) is -1.21. The molecule has 3 rings (SSSR count). The largest absolute Gasteiger partial charge is 0.473 e.